The van der Waals surface area contributed by atoms with Crippen molar-refractivity contribution < 1.29 is 19.8 Å². The molecule has 2 unspecified atom stereocenters. The van der Waals surface area contributed by atoms with Crippen LogP contribution in [-0.4, -0.2) is 59.8 Å². The van der Waals surface area contributed by atoms with Crippen molar-refractivity contribution in [1.29, 1.82) is 0 Å². The maximum atomic E-state index is 11.3. The van der Waals surface area contributed by atoms with E-state index in [1.54, 1.807) is 25.9 Å². The second kappa shape index (κ2) is 5.81. The number of carbonyl (C=O) groups is 2. The highest BCUT2D eigenvalue weighted by atomic mass is 16.4. The second-order valence-corrected chi connectivity index (χ2v) is 4.51. The van der Waals surface area contributed by atoms with Crippen molar-refractivity contribution >= 4 is 11.9 Å². The van der Waals surface area contributed by atoms with E-state index in [9.17, 15) is 14.7 Å². The molecule has 0 aromatic rings. The van der Waals surface area contributed by atoms with Crippen LogP contribution in [0.25, 0.3) is 0 Å². The topological polar surface area (TPSA) is 89.9 Å². The Balaban J connectivity index is 4.14. The fourth-order valence-corrected chi connectivity index (χ4v) is 1.28. The molecule has 0 radical (unpaired) electrons. The molecular weight excluding hydrogens is 212 g/mol. The van der Waals surface area contributed by atoms with Crippen LogP contribution in [0.2, 0.25) is 0 Å². The maximum Gasteiger partial charge on any atom is 0.315 e. The lowest BCUT2D eigenvalue weighted by molar-refractivity contribution is -0.146. The van der Waals surface area contributed by atoms with Gasteiger partial charge in [-0.15, -0.1) is 0 Å². The van der Waals surface area contributed by atoms with Gasteiger partial charge in [-0.25, -0.2) is 0 Å². The van der Waals surface area contributed by atoms with E-state index >= 15 is 0 Å². The lowest BCUT2D eigenvalue weighted by Crippen LogP contribution is -2.48. The molecule has 0 aliphatic heterocycles. The number of aliphatic carboxylic acids is 1. The normalized spacial score (nSPS) is 16.6. The van der Waals surface area contributed by atoms with Crippen LogP contribution < -0.4 is 5.32 Å². The Bertz CT molecular complexity index is 264. The van der Waals surface area contributed by atoms with Gasteiger partial charge in [0.25, 0.3) is 0 Å². The summed E-state index contributed by atoms with van der Waals surface area (Å²) in [5, 5.41) is 20.9. The Kier molecular flexibility index (Phi) is 5.40. The van der Waals surface area contributed by atoms with Crippen molar-refractivity contribution in [2.75, 3.05) is 27.2 Å². The summed E-state index contributed by atoms with van der Waals surface area (Å²) < 4.78 is 0. The quantitative estimate of drug-likeness (QED) is 0.518. The molecule has 0 heterocycles. The third-order valence-corrected chi connectivity index (χ3v) is 2.06. The van der Waals surface area contributed by atoms with Crippen LogP contribution in [0.1, 0.15) is 13.8 Å². The first-order chi connectivity index (χ1) is 7.15. The second-order valence-electron chi connectivity index (χ2n) is 4.51. The standard InChI is InChI=1S/C10H20N2O4/c1-7(9(14)15)8(13)11-5-10(2,16)6-12(3)4/h7,16H,5-6H2,1-4H3,(H,11,13)(H,14,15). The van der Waals surface area contributed by atoms with Crippen LogP contribution >= 0.6 is 0 Å². The number of likely N-dealkylation sites (N-methyl/N-ethyl adjacent to an activating group) is 1. The number of rotatable bonds is 6. The van der Waals surface area contributed by atoms with Gasteiger partial charge in [0.1, 0.15) is 5.92 Å². The van der Waals surface area contributed by atoms with Crippen LogP contribution in [0, 0.1) is 5.92 Å². The summed E-state index contributed by atoms with van der Waals surface area (Å²) in [6.45, 7) is 3.30. The average molecular weight is 232 g/mol. The van der Waals surface area contributed by atoms with Gasteiger partial charge in [0, 0.05) is 13.1 Å². The number of aliphatic hydroxyl groups is 1. The molecule has 94 valence electrons. The van der Waals surface area contributed by atoms with Gasteiger partial charge < -0.3 is 20.4 Å². The van der Waals surface area contributed by atoms with E-state index in [4.69, 9.17) is 5.11 Å². The monoisotopic (exact) mass is 232 g/mol. The molecule has 0 aromatic carbocycles. The van der Waals surface area contributed by atoms with Gasteiger partial charge >= 0.3 is 5.97 Å². The molecule has 3 N–H and O–H groups in total. The van der Waals surface area contributed by atoms with Crippen LogP contribution in [-0.2, 0) is 9.59 Å². The van der Waals surface area contributed by atoms with Crippen molar-refractivity contribution in [3.05, 3.63) is 0 Å². The van der Waals surface area contributed by atoms with Crippen LogP contribution in [0.4, 0.5) is 0 Å². The van der Waals surface area contributed by atoms with Crippen molar-refractivity contribution in [2.24, 2.45) is 5.92 Å². The van der Waals surface area contributed by atoms with Crippen molar-refractivity contribution in [3.8, 4) is 0 Å². The Hall–Kier alpha value is -1.14. The van der Waals surface area contributed by atoms with E-state index in [0.29, 0.717) is 6.54 Å². The molecule has 0 aliphatic carbocycles. The number of carboxylic acid groups (broad SMARTS) is 1. The summed E-state index contributed by atoms with van der Waals surface area (Å²) >= 11 is 0. The molecule has 0 saturated heterocycles. The fourth-order valence-electron chi connectivity index (χ4n) is 1.28. The van der Waals surface area contributed by atoms with Crippen LogP contribution in [0.15, 0.2) is 0 Å². The van der Waals surface area contributed by atoms with E-state index in [1.165, 1.54) is 6.92 Å². The molecule has 0 aliphatic rings. The van der Waals surface area contributed by atoms with Crippen molar-refractivity contribution in [2.45, 2.75) is 19.4 Å². The number of carbonyl (C=O) groups excluding carboxylic acids is 1. The number of nitrogens with one attached hydrogen (secondary N) is 1. The maximum absolute atomic E-state index is 11.3. The molecule has 0 bridgehead atoms. The fraction of sp³-hybridized carbons (Fsp3) is 0.800. The van der Waals surface area contributed by atoms with E-state index in [0.717, 1.165) is 0 Å². The minimum Gasteiger partial charge on any atom is -0.481 e. The lowest BCUT2D eigenvalue weighted by atomic mass is 10.1. The predicted octanol–water partition coefficient (Wildman–Crippen LogP) is -0.864. The first-order valence-corrected chi connectivity index (χ1v) is 5.03. The number of carboxylic acids is 1. The Morgan fingerprint density at radius 2 is 1.94 bits per heavy atom. The molecule has 1 amide bonds. The average Bonchev–Trinajstić information content (AvgIpc) is 2.10. The highest BCUT2D eigenvalue weighted by Gasteiger charge is 2.25. The predicted molar refractivity (Wildman–Crippen MR) is 59.0 cm³/mol. The molecule has 0 aromatic heterocycles. The summed E-state index contributed by atoms with van der Waals surface area (Å²) in [6, 6.07) is 0. The minimum absolute atomic E-state index is 0.0294. The number of hydrogen-bond acceptors (Lipinski definition) is 4. The summed E-state index contributed by atoms with van der Waals surface area (Å²) in [5.74, 6) is -2.87. The van der Waals surface area contributed by atoms with Gasteiger partial charge in [-0.3, -0.25) is 9.59 Å². The smallest absolute Gasteiger partial charge is 0.315 e. The summed E-state index contributed by atoms with van der Waals surface area (Å²) in [4.78, 5) is 23.6. The number of hydrogen-bond donors (Lipinski definition) is 3. The van der Waals surface area contributed by atoms with E-state index < -0.39 is 23.4 Å². The van der Waals surface area contributed by atoms with Gasteiger partial charge in [-0.1, -0.05) is 0 Å². The molecule has 6 nitrogen and oxygen atoms in total. The molecule has 0 saturated carbocycles. The zero-order valence-electron chi connectivity index (χ0n) is 10.1. The largest absolute Gasteiger partial charge is 0.481 e. The Labute approximate surface area is 95.2 Å². The van der Waals surface area contributed by atoms with E-state index in [2.05, 4.69) is 5.32 Å². The van der Waals surface area contributed by atoms with Crippen LogP contribution in [0.5, 0.6) is 0 Å². The van der Waals surface area contributed by atoms with Gasteiger partial charge in [-0.2, -0.15) is 0 Å². The minimum atomic E-state index is -1.18. The zero-order chi connectivity index (χ0) is 12.9. The van der Waals surface area contributed by atoms with Crippen LogP contribution in [0.3, 0.4) is 0 Å². The lowest BCUT2D eigenvalue weighted by Gasteiger charge is -2.27. The van der Waals surface area contributed by atoms with Crippen molar-refractivity contribution in [3.63, 3.8) is 0 Å². The Morgan fingerprint density at radius 1 is 1.44 bits per heavy atom. The molecule has 0 fully saturated rings. The third kappa shape index (κ3) is 5.67. The first kappa shape index (κ1) is 14.9. The Morgan fingerprint density at radius 3 is 2.31 bits per heavy atom. The van der Waals surface area contributed by atoms with Crippen molar-refractivity contribution in [1.82, 2.24) is 10.2 Å². The molecule has 0 rings (SSSR count). The van der Waals surface area contributed by atoms with Gasteiger partial charge in [0.2, 0.25) is 5.91 Å². The van der Waals surface area contributed by atoms with Gasteiger partial charge in [0.15, 0.2) is 0 Å². The third-order valence-electron chi connectivity index (χ3n) is 2.06. The highest BCUT2D eigenvalue weighted by molar-refractivity contribution is 5.96. The summed E-state index contributed by atoms with van der Waals surface area (Å²) in [6.07, 6.45) is 0. The summed E-state index contributed by atoms with van der Waals surface area (Å²) in [5.41, 5.74) is -1.07. The first-order valence-electron chi connectivity index (χ1n) is 5.03. The molecule has 0 spiro atoms. The molecule has 6 heteroatoms. The van der Waals surface area contributed by atoms with Gasteiger partial charge in [0.05, 0.1) is 5.60 Å². The highest BCUT2D eigenvalue weighted by Crippen LogP contribution is 2.03. The molecular formula is C10H20N2O4. The summed E-state index contributed by atoms with van der Waals surface area (Å²) in [7, 11) is 3.60. The molecule has 2 atom stereocenters. The van der Waals surface area contributed by atoms with E-state index in [1.807, 2.05) is 0 Å². The number of amides is 1. The zero-order valence-corrected chi connectivity index (χ0v) is 10.1. The SMILES string of the molecule is CC(C(=O)O)C(=O)NCC(C)(O)CN(C)C. The number of nitrogens with zero attached hydrogens (tertiary/aromatic N) is 1. The molecule has 16 heavy (non-hydrogen) atoms. The van der Waals surface area contributed by atoms with E-state index in [-0.39, 0.29) is 6.54 Å². The van der Waals surface area contributed by atoms with Gasteiger partial charge in [-0.05, 0) is 27.9 Å².